The lowest BCUT2D eigenvalue weighted by molar-refractivity contribution is -0.229. The molecule has 3 saturated carbocycles. The van der Waals surface area contributed by atoms with Gasteiger partial charge in [0.15, 0.2) is 5.78 Å². The van der Waals surface area contributed by atoms with E-state index >= 15 is 0 Å². The number of rotatable bonds is 4. The van der Waals surface area contributed by atoms with Gasteiger partial charge < -0.3 is 20.7 Å². The number of aliphatic hydroxyl groups is 2. The molecule has 0 aromatic heterocycles. The Labute approximate surface area is 198 Å². The molecule has 0 radical (unpaired) electrons. The average molecular weight is 456 g/mol. The highest BCUT2D eigenvalue weighted by Crippen LogP contribution is 2.79. The minimum atomic E-state index is -1.44. The Morgan fingerprint density at radius 2 is 1.91 bits per heavy atom. The van der Waals surface area contributed by atoms with Gasteiger partial charge in [-0.25, -0.2) is 0 Å². The zero-order valence-electron chi connectivity index (χ0n) is 21.1. The first-order chi connectivity index (χ1) is 15.2. The van der Waals surface area contributed by atoms with Gasteiger partial charge in [-0.2, -0.15) is 0 Å². The lowest BCUT2D eigenvalue weighted by Gasteiger charge is -2.74. The quantitative estimate of drug-likeness (QED) is 0.436. The van der Waals surface area contributed by atoms with Gasteiger partial charge in [-0.1, -0.05) is 58.9 Å². The normalized spacial score (nSPS) is 51.4. The fourth-order valence-corrected chi connectivity index (χ4v) is 9.08. The third-order valence-electron chi connectivity index (χ3n) is 11.3. The summed E-state index contributed by atoms with van der Waals surface area (Å²) in [5.74, 6) is 0.0576. The molecule has 0 bridgehead atoms. The van der Waals surface area contributed by atoms with Gasteiger partial charge in [0.1, 0.15) is 12.2 Å². The van der Waals surface area contributed by atoms with Gasteiger partial charge in [0.05, 0.1) is 12.4 Å². The van der Waals surface area contributed by atoms with Gasteiger partial charge in [0, 0.05) is 16.4 Å². The monoisotopic (exact) mass is 455 g/mol. The van der Waals surface area contributed by atoms with Crippen LogP contribution in [0.15, 0.2) is 48.3 Å². The van der Waals surface area contributed by atoms with E-state index in [1.165, 1.54) is 6.26 Å². The highest BCUT2D eigenvalue weighted by Gasteiger charge is 2.81. The largest absolute Gasteiger partial charge is 0.497 e. The van der Waals surface area contributed by atoms with Crippen LogP contribution in [0.25, 0.3) is 0 Å². The topological polar surface area (TPSA) is 92.8 Å². The van der Waals surface area contributed by atoms with Crippen LogP contribution in [0.4, 0.5) is 0 Å². The molecule has 33 heavy (non-hydrogen) atoms. The second kappa shape index (κ2) is 7.16. The maximum Gasteiger partial charge on any atom is 0.178 e. The Morgan fingerprint density at radius 1 is 1.24 bits per heavy atom. The SMILES string of the molecule is C=COC/C(=C/C)[C@@]1(O)[C@H](O)C[C@@]2(C)[C@]3(C)CCC4=CC(=O)C=C[C@]4(C)[C@@]3(N)[C@@H](C)C[C@@]21C. The van der Waals surface area contributed by atoms with Crippen LogP contribution in [0.3, 0.4) is 0 Å². The number of aliphatic hydroxyl groups excluding tert-OH is 1. The van der Waals surface area contributed by atoms with Crippen molar-refractivity contribution in [3.05, 3.63) is 48.3 Å². The van der Waals surface area contributed by atoms with Gasteiger partial charge >= 0.3 is 0 Å². The van der Waals surface area contributed by atoms with Gasteiger partial charge in [0.25, 0.3) is 0 Å². The third kappa shape index (κ3) is 2.46. The number of carbonyl (C=O) groups excluding carboxylic acids is 1. The molecule has 0 aromatic rings. The molecule has 4 rings (SSSR count). The summed E-state index contributed by atoms with van der Waals surface area (Å²) in [5, 5.41) is 23.9. The lowest BCUT2D eigenvalue weighted by Crippen LogP contribution is -2.79. The number of allylic oxidation sites excluding steroid dienone is 3. The van der Waals surface area contributed by atoms with Crippen LogP contribution in [-0.2, 0) is 9.53 Å². The number of nitrogens with two attached hydrogens (primary N) is 1. The van der Waals surface area contributed by atoms with Crippen molar-refractivity contribution in [1.29, 1.82) is 0 Å². The van der Waals surface area contributed by atoms with E-state index in [1.807, 2.05) is 19.1 Å². The molecule has 3 fully saturated rings. The number of hydrogen-bond donors (Lipinski definition) is 3. The highest BCUT2D eigenvalue weighted by molar-refractivity contribution is 6.01. The molecule has 4 aliphatic carbocycles. The molecular formula is C28H41NO4. The molecule has 0 aromatic carbocycles. The molecule has 0 unspecified atom stereocenters. The van der Waals surface area contributed by atoms with Gasteiger partial charge in [-0.3, -0.25) is 4.79 Å². The number of ketones is 1. The van der Waals surface area contributed by atoms with E-state index in [0.29, 0.717) is 18.4 Å². The Bertz CT molecular complexity index is 982. The predicted molar refractivity (Wildman–Crippen MR) is 130 cm³/mol. The van der Waals surface area contributed by atoms with Crippen molar-refractivity contribution in [2.45, 2.75) is 84.5 Å². The van der Waals surface area contributed by atoms with Crippen LogP contribution in [0.2, 0.25) is 0 Å². The van der Waals surface area contributed by atoms with Crippen LogP contribution in [0.1, 0.15) is 67.2 Å². The summed E-state index contributed by atoms with van der Waals surface area (Å²) in [7, 11) is 0. The Hall–Kier alpha value is -1.69. The van der Waals surface area contributed by atoms with Crippen LogP contribution >= 0.6 is 0 Å². The smallest absolute Gasteiger partial charge is 0.178 e. The minimum Gasteiger partial charge on any atom is -0.497 e. The van der Waals surface area contributed by atoms with Crippen LogP contribution in [-0.4, -0.2) is 39.8 Å². The zero-order valence-corrected chi connectivity index (χ0v) is 21.1. The van der Waals surface area contributed by atoms with Gasteiger partial charge in [0.2, 0.25) is 0 Å². The number of ether oxygens (including phenoxy) is 1. The van der Waals surface area contributed by atoms with Crippen molar-refractivity contribution in [2.24, 2.45) is 33.3 Å². The van der Waals surface area contributed by atoms with E-state index in [0.717, 1.165) is 18.4 Å². The van der Waals surface area contributed by atoms with Gasteiger partial charge in [-0.15, -0.1) is 0 Å². The molecule has 0 saturated heterocycles. The molecule has 0 aliphatic heterocycles. The number of carbonyl (C=O) groups is 1. The summed E-state index contributed by atoms with van der Waals surface area (Å²) >= 11 is 0. The lowest BCUT2D eigenvalue weighted by atomic mass is 9.31. The van der Waals surface area contributed by atoms with Gasteiger partial charge in [-0.05, 0) is 67.1 Å². The van der Waals surface area contributed by atoms with Crippen molar-refractivity contribution in [2.75, 3.05) is 6.61 Å². The maximum absolute atomic E-state index is 12.4. The molecule has 5 heteroatoms. The van der Waals surface area contributed by atoms with E-state index in [9.17, 15) is 15.0 Å². The molecule has 182 valence electrons. The average Bonchev–Trinajstić information content (AvgIpc) is 2.91. The fraction of sp³-hybridized carbons (Fsp3) is 0.679. The minimum absolute atomic E-state index is 0.0276. The van der Waals surface area contributed by atoms with Crippen molar-refractivity contribution >= 4 is 5.78 Å². The number of fused-ring (bicyclic) bond motifs is 5. The van der Waals surface area contributed by atoms with E-state index in [4.69, 9.17) is 10.5 Å². The molecule has 0 heterocycles. The molecule has 5 nitrogen and oxygen atoms in total. The summed E-state index contributed by atoms with van der Waals surface area (Å²) < 4.78 is 5.50. The van der Waals surface area contributed by atoms with Crippen LogP contribution in [0, 0.1) is 27.6 Å². The summed E-state index contributed by atoms with van der Waals surface area (Å²) in [6.07, 6.45) is 10.5. The second-order valence-electron chi connectivity index (χ2n) is 11.9. The molecular weight excluding hydrogens is 414 g/mol. The standard InChI is InChI=1S/C28H41NO4/c1-8-19(17-33-9-2)27(32)22(31)16-25(6)24(5)13-10-20-14-21(30)11-12-23(20,4)28(24,29)18(3)15-26(25,27)7/h8-9,11-12,14,18,22,31-32H,2,10,13,15-17,29H2,1,3-7H3/b19-8-/t18-,22+,23-,24-,25-,26-,27+,28-/m0/s1. The van der Waals surface area contributed by atoms with Crippen molar-refractivity contribution in [3.63, 3.8) is 0 Å². The first kappa shape index (κ1) is 24.4. The fourth-order valence-electron chi connectivity index (χ4n) is 9.08. The summed E-state index contributed by atoms with van der Waals surface area (Å²) in [6.45, 7) is 16.7. The van der Waals surface area contributed by atoms with Crippen molar-refractivity contribution in [3.8, 4) is 0 Å². The zero-order chi connectivity index (χ0) is 24.7. The second-order valence-corrected chi connectivity index (χ2v) is 11.9. The Morgan fingerprint density at radius 3 is 2.52 bits per heavy atom. The van der Waals surface area contributed by atoms with E-state index in [1.54, 1.807) is 12.2 Å². The Balaban J connectivity index is 1.93. The molecule has 8 atom stereocenters. The van der Waals surface area contributed by atoms with E-state index in [2.05, 4.69) is 41.2 Å². The maximum atomic E-state index is 12.4. The number of hydrogen-bond acceptors (Lipinski definition) is 5. The first-order valence-corrected chi connectivity index (χ1v) is 12.3. The van der Waals surface area contributed by atoms with Crippen molar-refractivity contribution < 1.29 is 19.7 Å². The summed E-state index contributed by atoms with van der Waals surface area (Å²) in [6, 6.07) is 0. The molecule has 4 aliphatic rings. The third-order valence-corrected chi connectivity index (χ3v) is 11.3. The molecule has 4 N–H and O–H groups in total. The molecule has 0 spiro atoms. The van der Waals surface area contributed by atoms with E-state index < -0.39 is 38.9 Å². The van der Waals surface area contributed by atoms with Crippen LogP contribution < -0.4 is 5.73 Å². The first-order valence-electron chi connectivity index (χ1n) is 12.3. The van der Waals surface area contributed by atoms with Crippen molar-refractivity contribution in [1.82, 2.24) is 0 Å². The highest BCUT2D eigenvalue weighted by atomic mass is 16.5. The molecule has 0 amide bonds. The Kier molecular flexibility index (Phi) is 5.30. The summed E-state index contributed by atoms with van der Waals surface area (Å²) in [4.78, 5) is 12.2. The van der Waals surface area contributed by atoms with Crippen LogP contribution in [0.5, 0.6) is 0 Å². The predicted octanol–water partition coefficient (Wildman–Crippen LogP) is 4.21. The van der Waals surface area contributed by atoms with E-state index in [-0.39, 0.29) is 18.3 Å². The summed E-state index contributed by atoms with van der Waals surface area (Å²) in [5.41, 5.74) is 5.35.